The molecule has 0 unspecified atom stereocenters. The molecule has 18 nitrogen and oxygen atoms in total. The molecule has 0 spiro atoms. The van der Waals surface area contributed by atoms with Crippen LogP contribution in [0.1, 0.15) is 0 Å². The van der Waals surface area contributed by atoms with Crippen molar-refractivity contribution in [2.75, 3.05) is 78.7 Å². The maximum absolute atomic E-state index is 10.0. The average molecular weight is 637 g/mol. The van der Waals surface area contributed by atoms with Gasteiger partial charge < -0.3 is 74.7 Å². The fourth-order valence-electron chi connectivity index (χ4n) is 2.16. The maximum atomic E-state index is 10.0. The normalized spacial score (nSPS) is 9.63. The van der Waals surface area contributed by atoms with E-state index in [4.69, 9.17) is 15.3 Å². The smallest absolute Gasteiger partial charge is 0.549 e. The predicted octanol–water partition coefficient (Wildman–Crippen LogP) is -12.7. The molecule has 220 valence electrons. The first-order valence-electron chi connectivity index (χ1n) is 9.87. The Labute approximate surface area is 238 Å². The molecule has 0 aromatic rings. The Morgan fingerprint density at radius 2 is 0.526 bits per heavy atom. The van der Waals surface area contributed by atoms with Crippen LogP contribution in [0.15, 0.2) is 0 Å². The molecule has 0 aliphatic carbocycles. The standard InChI is InChI=1S/3C6H11NO5.2Fe/c3*8-2-1-7(3-5(9)10)4-6(11)12;;/h3*8H,1-4H2,(H,9,10)(H,11,12);;/q;;;2*+3/p-6. The molecule has 20 heteroatoms. The van der Waals surface area contributed by atoms with Crippen LogP contribution in [0.3, 0.4) is 0 Å². The summed E-state index contributed by atoms with van der Waals surface area (Å²) in [6.45, 7) is -4.11. The molecule has 2 radical (unpaired) electrons. The number of aliphatic carboxylic acids is 6. The van der Waals surface area contributed by atoms with Gasteiger partial charge in [0.2, 0.25) is 0 Å². The number of rotatable bonds is 18. The van der Waals surface area contributed by atoms with Crippen molar-refractivity contribution in [1.82, 2.24) is 14.7 Å². The van der Waals surface area contributed by atoms with Crippen LogP contribution in [0, 0.1) is 0 Å². The Bertz CT molecular complexity index is 562. The Kier molecular flexibility index (Phi) is 35.0. The van der Waals surface area contributed by atoms with Gasteiger partial charge in [-0.3, -0.25) is 14.7 Å². The van der Waals surface area contributed by atoms with Gasteiger partial charge in [-0.05, 0) is 0 Å². The average Bonchev–Trinajstić information content (AvgIpc) is 2.66. The monoisotopic (exact) mass is 637 g/mol. The Morgan fingerprint density at radius 3 is 0.605 bits per heavy atom. The minimum absolute atomic E-state index is 0. The van der Waals surface area contributed by atoms with Crippen molar-refractivity contribution >= 4 is 35.8 Å². The van der Waals surface area contributed by atoms with Crippen molar-refractivity contribution in [2.24, 2.45) is 0 Å². The number of carboxylic acids is 6. The van der Waals surface area contributed by atoms with E-state index in [0.717, 1.165) is 14.7 Å². The Balaban J connectivity index is -0.000000140. The summed E-state index contributed by atoms with van der Waals surface area (Å²) in [4.78, 5) is 63.1. The minimum atomic E-state index is -1.38. The van der Waals surface area contributed by atoms with E-state index in [-0.39, 0.29) is 73.6 Å². The van der Waals surface area contributed by atoms with Crippen molar-refractivity contribution in [2.45, 2.75) is 0 Å². The molecule has 0 aromatic carbocycles. The quantitative estimate of drug-likeness (QED) is 0.117. The van der Waals surface area contributed by atoms with Gasteiger partial charge in [0.25, 0.3) is 0 Å². The van der Waals surface area contributed by atoms with E-state index in [9.17, 15) is 59.4 Å². The second-order valence-corrected chi connectivity index (χ2v) is 6.53. The molecule has 38 heavy (non-hydrogen) atoms. The van der Waals surface area contributed by atoms with Crippen molar-refractivity contribution in [3.8, 4) is 0 Å². The van der Waals surface area contributed by atoms with Crippen LogP contribution < -0.4 is 30.6 Å². The molecule has 0 aliphatic rings. The molecule has 0 aliphatic heterocycles. The third-order valence-electron chi connectivity index (χ3n) is 3.36. The summed E-state index contributed by atoms with van der Waals surface area (Å²) in [5, 5.41) is 85.3. The predicted molar refractivity (Wildman–Crippen MR) is 101 cm³/mol. The van der Waals surface area contributed by atoms with Crippen LogP contribution in [0.5, 0.6) is 0 Å². The van der Waals surface area contributed by atoms with Gasteiger partial charge in [-0.25, -0.2) is 0 Å². The Morgan fingerprint density at radius 1 is 0.395 bits per heavy atom. The summed E-state index contributed by atoms with van der Waals surface area (Å²) in [6.07, 6.45) is 0. The topological polar surface area (TPSA) is 311 Å². The summed E-state index contributed by atoms with van der Waals surface area (Å²) >= 11 is 0. The fraction of sp³-hybridized carbons (Fsp3) is 0.667. The number of carbonyl (C=O) groups excluding carboxylic acids is 6. The van der Waals surface area contributed by atoms with Gasteiger partial charge in [0, 0.05) is 58.9 Å². The zero-order chi connectivity index (χ0) is 28.7. The van der Waals surface area contributed by atoms with E-state index in [0.29, 0.717) is 0 Å². The number of aliphatic hydroxyl groups excluding tert-OH is 3. The van der Waals surface area contributed by atoms with Gasteiger partial charge in [-0.1, -0.05) is 0 Å². The number of carboxylic acid groups (broad SMARTS) is 6. The van der Waals surface area contributed by atoms with E-state index < -0.39 is 75.1 Å². The van der Waals surface area contributed by atoms with E-state index in [1.807, 2.05) is 0 Å². The molecule has 0 bridgehead atoms. The molecular formula is C18H27Fe2N3O15. The molecule has 0 fully saturated rings. The zero-order valence-corrected chi connectivity index (χ0v) is 22.0. The molecule has 0 rings (SSSR count). The number of hydrogen-bond acceptors (Lipinski definition) is 18. The Hall–Kier alpha value is -2.38. The van der Waals surface area contributed by atoms with Crippen LogP contribution in [0.2, 0.25) is 0 Å². The van der Waals surface area contributed by atoms with Crippen LogP contribution in [0.25, 0.3) is 0 Å². The first-order valence-corrected chi connectivity index (χ1v) is 9.87. The number of aliphatic hydroxyl groups is 3. The molecule has 0 atom stereocenters. The fourth-order valence-corrected chi connectivity index (χ4v) is 2.16. The van der Waals surface area contributed by atoms with Crippen LogP contribution in [-0.4, -0.2) is 145 Å². The SMILES string of the molecule is O=C([O-])CN(CCO)CC(=O)[O-].O=C([O-])CN(CCO)CC(=O)[O-].O=C([O-])CN(CCO)CC(=O)[O-].[Fe+3].[Fe+3]. The molecule has 0 amide bonds. The zero-order valence-electron chi connectivity index (χ0n) is 19.8. The van der Waals surface area contributed by atoms with Gasteiger partial charge in [0.1, 0.15) is 0 Å². The second-order valence-electron chi connectivity index (χ2n) is 6.53. The van der Waals surface area contributed by atoms with E-state index >= 15 is 0 Å². The van der Waals surface area contributed by atoms with Crippen LogP contribution >= 0.6 is 0 Å². The summed E-state index contributed by atoms with van der Waals surface area (Å²) in [6, 6.07) is 0. The summed E-state index contributed by atoms with van der Waals surface area (Å²) in [5.74, 6) is -8.31. The molecular weight excluding hydrogens is 610 g/mol. The third kappa shape index (κ3) is 38.2. The largest absolute Gasteiger partial charge is 3.00 e. The number of nitrogens with zero attached hydrogens (tertiary/aromatic N) is 3. The second kappa shape index (κ2) is 29.2. The van der Waals surface area contributed by atoms with Crippen LogP contribution in [-0.2, 0) is 62.9 Å². The first-order chi connectivity index (χ1) is 16.7. The van der Waals surface area contributed by atoms with Crippen molar-refractivity contribution < 1.29 is 109 Å². The third-order valence-corrected chi connectivity index (χ3v) is 3.36. The van der Waals surface area contributed by atoms with Gasteiger partial charge in [-0.15, -0.1) is 0 Å². The van der Waals surface area contributed by atoms with Gasteiger partial charge in [0.05, 0.1) is 55.6 Å². The van der Waals surface area contributed by atoms with E-state index in [1.165, 1.54) is 0 Å². The summed E-state index contributed by atoms with van der Waals surface area (Å²) < 4.78 is 0. The number of carbonyl (C=O) groups is 6. The molecule has 0 saturated carbocycles. The number of hydrogen-bond donors (Lipinski definition) is 3. The van der Waals surface area contributed by atoms with Crippen LogP contribution in [0.4, 0.5) is 0 Å². The molecule has 3 N–H and O–H groups in total. The van der Waals surface area contributed by atoms with Gasteiger partial charge in [0.15, 0.2) is 0 Å². The maximum Gasteiger partial charge on any atom is 3.00 e. The van der Waals surface area contributed by atoms with E-state index in [1.54, 1.807) is 0 Å². The van der Waals surface area contributed by atoms with Gasteiger partial charge >= 0.3 is 34.1 Å². The summed E-state index contributed by atoms with van der Waals surface area (Å²) in [7, 11) is 0. The minimum Gasteiger partial charge on any atom is -0.549 e. The van der Waals surface area contributed by atoms with Crippen molar-refractivity contribution in [1.29, 1.82) is 0 Å². The summed E-state index contributed by atoms with van der Waals surface area (Å²) in [5.41, 5.74) is 0. The van der Waals surface area contributed by atoms with E-state index in [2.05, 4.69) is 0 Å². The molecule has 0 aromatic heterocycles. The first kappa shape index (κ1) is 45.5. The van der Waals surface area contributed by atoms with Crippen molar-refractivity contribution in [3.05, 3.63) is 0 Å². The van der Waals surface area contributed by atoms with Gasteiger partial charge in [-0.2, -0.15) is 0 Å². The molecule has 0 saturated heterocycles. The van der Waals surface area contributed by atoms with Crippen molar-refractivity contribution in [3.63, 3.8) is 0 Å². The molecule has 0 heterocycles.